The first-order valence-corrected chi connectivity index (χ1v) is 12.0. The molecule has 0 radical (unpaired) electrons. The zero-order valence-electron chi connectivity index (χ0n) is 22.6. The number of aromatic hydroxyl groups is 1. The van der Waals surface area contributed by atoms with Crippen LogP contribution in [0, 0.1) is 25.7 Å². The fraction of sp³-hybridized carbons (Fsp3) is 0.333. The normalized spacial score (nSPS) is 8.77. The lowest BCUT2D eigenvalue weighted by atomic mass is 10.0. The van der Waals surface area contributed by atoms with Crippen molar-refractivity contribution in [2.45, 2.75) is 13.8 Å². The van der Waals surface area contributed by atoms with Gasteiger partial charge in [0.15, 0.2) is 0 Å². The number of carbonyl (C=O) groups is 4. The number of aryl methyl sites for hydroxylation is 2. The number of hydrogen-bond donors (Lipinski definition) is 3. The van der Waals surface area contributed by atoms with E-state index in [9.17, 15) is 32.7 Å². The standard InChI is InChI=1S/C11H12O5.C6H6O4.C5H6O.CH4O3S.CH4O/c1-6-4-5-7(12)9(11(14)16-3)8(6)10(13)15-2;1-9-5(7)3-4-6(8)10-2;1-5-3-2-4-6-5;1-5(2,3)4;1-2/h4-5,12H,1-3H3;1-2H3;2-4H,1H3;1H3,(H,2,3,4);2H,1H3. The van der Waals surface area contributed by atoms with Crippen LogP contribution in [-0.2, 0) is 38.7 Å². The van der Waals surface area contributed by atoms with Gasteiger partial charge in [0.1, 0.15) is 17.1 Å². The van der Waals surface area contributed by atoms with Gasteiger partial charge < -0.3 is 33.6 Å². The molecule has 1 heterocycles. The molecule has 0 saturated heterocycles. The molecule has 0 fully saturated rings. The number of methoxy groups -OCH3 is 4. The van der Waals surface area contributed by atoms with E-state index in [-0.39, 0.29) is 16.9 Å². The molecule has 3 N–H and O–H groups in total. The molecular weight excluding hydrogens is 544 g/mol. The lowest BCUT2D eigenvalue weighted by Crippen LogP contribution is -2.13. The average molecular weight is 577 g/mol. The summed E-state index contributed by atoms with van der Waals surface area (Å²) in [5.41, 5.74) is 0.383. The van der Waals surface area contributed by atoms with Crippen LogP contribution >= 0.6 is 0 Å². The van der Waals surface area contributed by atoms with E-state index in [1.165, 1.54) is 40.6 Å². The molecular formula is C24H32O14S. The maximum absolute atomic E-state index is 11.5. The summed E-state index contributed by atoms with van der Waals surface area (Å²) in [5, 5.41) is 16.6. The summed E-state index contributed by atoms with van der Waals surface area (Å²) in [6.07, 6.45) is 2.38. The first-order chi connectivity index (χ1) is 18.1. The third kappa shape index (κ3) is 20.4. The van der Waals surface area contributed by atoms with Crippen molar-refractivity contribution in [2.24, 2.45) is 0 Å². The average Bonchev–Trinajstić information content (AvgIpc) is 3.38. The molecule has 218 valence electrons. The van der Waals surface area contributed by atoms with E-state index < -0.39 is 34.0 Å². The first kappa shape index (κ1) is 39.1. The van der Waals surface area contributed by atoms with Crippen molar-refractivity contribution in [3.63, 3.8) is 0 Å². The van der Waals surface area contributed by atoms with Crippen molar-refractivity contribution in [1.29, 1.82) is 0 Å². The van der Waals surface area contributed by atoms with Crippen LogP contribution in [-0.4, -0.2) is 88.9 Å². The second-order valence-corrected chi connectivity index (χ2v) is 7.79. The van der Waals surface area contributed by atoms with Crippen LogP contribution in [0.4, 0.5) is 0 Å². The topological polar surface area (TPSA) is 213 Å². The van der Waals surface area contributed by atoms with Crippen molar-refractivity contribution in [2.75, 3.05) is 41.8 Å². The van der Waals surface area contributed by atoms with E-state index in [1.54, 1.807) is 13.2 Å². The zero-order chi connectivity index (χ0) is 31.2. The van der Waals surface area contributed by atoms with Crippen molar-refractivity contribution >= 4 is 34.0 Å². The molecule has 0 saturated carbocycles. The first-order valence-electron chi connectivity index (χ1n) is 10.2. The van der Waals surface area contributed by atoms with Gasteiger partial charge in [-0.1, -0.05) is 6.07 Å². The molecule has 1 aromatic heterocycles. The summed E-state index contributed by atoms with van der Waals surface area (Å²) in [5.74, 6) is 1.47. The smallest absolute Gasteiger partial charge is 0.384 e. The van der Waals surface area contributed by atoms with Crippen molar-refractivity contribution < 1.29 is 65.7 Å². The van der Waals surface area contributed by atoms with Gasteiger partial charge in [-0.25, -0.2) is 19.2 Å². The van der Waals surface area contributed by atoms with Crippen LogP contribution in [0.15, 0.2) is 34.9 Å². The SMILES string of the molecule is CO.COC(=O)C#CC(=O)OC.COC(=O)c1c(C)ccc(O)c1C(=O)OC.CS(=O)(=O)O.Cc1ccco1. The number of carbonyl (C=O) groups excluding carboxylic acids is 4. The fourth-order valence-electron chi connectivity index (χ4n) is 1.93. The van der Waals surface area contributed by atoms with Crippen LogP contribution in [0.25, 0.3) is 0 Å². The Labute approximate surface area is 226 Å². The number of rotatable bonds is 2. The van der Waals surface area contributed by atoms with E-state index >= 15 is 0 Å². The monoisotopic (exact) mass is 576 g/mol. The molecule has 0 atom stereocenters. The highest BCUT2D eigenvalue weighted by molar-refractivity contribution is 7.85. The van der Waals surface area contributed by atoms with E-state index in [4.69, 9.17) is 14.1 Å². The van der Waals surface area contributed by atoms with Gasteiger partial charge in [0.05, 0.1) is 46.5 Å². The molecule has 14 nitrogen and oxygen atoms in total. The highest BCUT2D eigenvalue weighted by atomic mass is 32.2. The summed E-state index contributed by atoms with van der Waals surface area (Å²) >= 11 is 0. The molecule has 2 rings (SSSR count). The quantitative estimate of drug-likeness (QED) is 0.151. The molecule has 15 heteroatoms. The second kappa shape index (κ2) is 21.7. The zero-order valence-corrected chi connectivity index (χ0v) is 23.4. The van der Waals surface area contributed by atoms with Gasteiger partial charge in [-0.3, -0.25) is 4.55 Å². The van der Waals surface area contributed by atoms with E-state index in [2.05, 4.69) is 18.9 Å². The number of furan rings is 1. The molecule has 0 aliphatic heterocycles. The minimum atomic E-state index is -3.67. The summed E-state index contributed by atoms with van der Waals surface area (Å²) < 4.78 is 48.0. The van der Waals surface area contributed by atoms with Crippen molar-refractivity contribution in [1.82, 2.24) is 0 Å². The number of ether oxygens (including phenoxy) is 4. The Balaban J connectivity index is -0.000000480. The van der Waals surface area contributed by atoms with Gasteiger partial charge in [0.25, 0.3) is 10.1 Å². The number of phenols is 1. The fourth-order valence-corrected chi connectivity index (χ4v) is 1.93. The summed E-state index contributed by atoms with van der Waals surface area (Å²) in [4.78, 5) is 43.4. The number of hydrogen-bond acceptors (Lipinski definition) is 13. The van der Waals surface area contributed by atoms with Crippen LogP contribution in [0.5, 0.6) is 5.75 Å². The molecule has 0 spiro atoms. The molecule has 0 bridgehead atoms. The number of aliphatic hydroxyl groups excluding tert-OH is 1. The van der Waals surface area contributed by atoms with E-state index in [1.807, 2.05) is 30.9 Å². The Kier molecular flexibility index (Phi) is 21.7. The molecule has 39 heavy (non-hydrogen) atoms. The van der Waals surface area contributed by atoms with Crippen LogP contribution in [0.2, 0.25) is 0 Å². The molecule has 0 amide bonds. The van der Waals surface area contributed by atoms with Gasteiger partial charge in [0.2, 0.25) is 0 Å². The Bertz CT molecular complexity index is 1130. The minimum Gasteiger partial charge on any atom is -0.507 e. The Hall–Kier alpha value is -4.39. The lowest BCUT2D eigenvalue weighted by molar-refractivity contribution is -0.135. The Morgan fingerprint density at radius 1 is 0.795 bits per heavy atom. The highest BCUT2D eigenvalue weighted by Gasteiger charge is 2.24. The Morgan fingerprint density at radius 3 is 1.49 bits per heavy atom. The molecule has 0 unspecified atom stereocenters. The van der Waals surface area contributed by atoms with E-state index in [0.717, 1.165) is 12.9 Å². The van der Waals surface area contributed by atoms with Crippen molar-refractivity contribution in [3.05, 3.63) is 53.0 Å². The Morgan fingerprint density at radius 2 is 1.21 bits per heavy atom. The van der Waals surface area contributed by atoms with E-state index in [0.29, 0.717) is 11.8 Å². The van der Waals surface area contributed by atoms with Crippen LogP contribution in [0.1, 0.15) is 32.0 Å². The predicted molar refractivity (Wildman–Crippen MR) is 136 cm³/mol. The number of phenolic OH excluding ortho intramolecular Hbond substituents is 1. The molecule has 2 aromatic rings. The molecule has 0 aliphatic rings. The minimum absolute atomic E-state index is 0.0225. The largest absolute Gasteiger partial charge is 0.507 e. The molecule has 0 aliphatic carbocycles. The predicted octanol–water partition coefficient (Wildman–Crippen LogP) is 1.31. The second-order valence-electron chi connectivity index (χ2n) is 6.32. The van der Waals surface area contributed by atoms with Gasteiger partial charge in [-0.05, 0) is 37.6 Å². The van der Waals surface area contributed by atoms with Crippen LogP contribution in [0.3, 0.4) is 0 Å². The number of aliphatic hydroxyl groups is 1. The maximum atomic E-state index is 11.5. The maximum Gasteiger partial charge on any atom is 0.384 e. The third-order valence-electron chi connectivity index (χ3n) is 3.47. The van der Waals surface area contributed by atoms with Gasteiger partial charge in [0, 0.05) is 19.0 Å². The summed E-state index contributed by atoms with van der Waals surface area (Å²) in [7, 11) is 2.06. The molecule has 1 aromatic carbocycles. The highest BCUT2D eigenvalue weighted by Crippen LogP contribution is 2.25. The number of esters is 4. The summed E-state index contributed by atoms with van der Waals surface area (Å²) in [6, 6.07) is 6.64. The third-order valence-corrected chi connectivity index (χ3v) is 3.47. The van der Waals surface area contributed by atoms with Gasteiger partial charge in [-0.2, -0.15) is 8.42 Å². The lowest BCUT2D eigenvalue weighted by Gasteiger charge is -2.10. The number of benzene rings is 1. The van der Waals surface area contributed by atoms with Crippen molar-refractivity contribution in [3.8, 4) is 17.6 Å². The van der Waals surface area contributed by atoms with Gasteiger partial charge >= 0.3 is 23.9 Å². The summed E-state index contributed by atoms with van der Waals surface area (Å²) in [6.45, 7) is 3.55. The van der Waals surface area contributed by atoms with Crippen LogP contribution < -0.4 is 0 Å². The van der Waals surface area contributed by atoms with Gasteiger partial charge in [-0.15, -0.1) is 0 Å².